The number of Topliss-reactive ketones (excluding diaryl/α,β-unsaturated/α-hetero) is 1. The van der Waals surface area contributed by atoms with Crippen molar-refractivity contribution in [2.24, 2.45) is 0 Å². The Morgan fingerprint density at radius 3 is 2.59 bits per heavy atom. The third-order valence-corrected chi connectivity index (χ3v) is 7.82. The summed E-state index contributed by atoms with van der Waals surface area (Å²) in [7, 11) is 0. The lowest BCUT2D eigenvalue weighted by Crippen LogP contribution is -2.55. The van der Waals surface area contributed by atoms with Crippen LogP contribution < -0.4 is 10.6 Å². The number of amides is 1. The monoisotopic (exact) mass is 497 g/mol. The fraction of sp³-hybridized carbons (Fsp3) is 0.346. The summed E-state index contributed by atoms with van der Waals surface area (Å²) in [5.41, 5.74) is 1.50. The van der Waals surface area contributed by atoms with Gasteiger partial charge < -0.3 is 10.6 Å². The van der Waals surface area contributed by atoms with E-state index in [4.69, 9.17) is 16.6 Å². The van der Waals surface area contributed by atoms with Crippen LogP contribution >= 0.6 is 22.9 Å². The molecule has 1 aliphatic heterocycles. The number of ketones is 1. The molecule has 0 spiro atoms. The number of carbonyl (C=O) groups excluding carboxylic acids is 2. The molecule has 2 aromatic carbocycles. The Morgan fingerprint density at radius 1 is 1.12 bits per heavy atom. The van der Waals surface area contributed by atoms with E-state index in [-0.39, 0.29) is 23.5 Å². The van der Waals surface area contributed by atoms with Gasteiger partial charge >= 0.3 is 0 Å². The van der Waals surface area contributed by atoms with Gasteiger partial charge in [0, 0.05) is 22.5 Å². The summed E-state index contributed by atoms with van der Waals surface area (Å²) in [4.78, 5) is 32.6. The van der Waals surface area contributed by atoms with Crippen LogP contribution in [0.2, 0.25) is 5.02 Å². The zero-order valence-electron chi connectivity index (χ0n) is 18.5. The van der Waals surface area contributed by atoms with Gasteiger partial charge in [0.2, 0.25) is 5.78 Å². The number of hydrogen-bond acceptors (Lipinski definition) is 5. The third-order valence-electron chi connectivity index (χ3n) is 6.32. The van der Waals surface area contributed by atoms with Gasteiger partial charge in [0.25, 0.3) is 5.91 Å². The highest BCUT2D eigenvalue weighted by Crippen LogP contribution is 2.45. The molecule has 8 heteroatoms. The molecule has 2 aliphatic rings. The van der Waals surface area contributed by atoms with Crippen LogP contribution in [0.15, 0.2) is 48.5 Å². The van der Waals surface area contributed by atoms with Crippen LogP contribution in [0.5, 0.6) is 0 Å². The Kier molecular flexibility index (Phi) is 6.77. The van der Waals surface area contributed by atoms with Crippen molar-refractivity contribution >= 4 is 34.6 Å². The van der Waals surface area contributed by atoms with Gasteiger partial charge in [-0.3, -0.25) is 9.59 Å². The van der Waals surface area contributed by atoms with Crippen molar-refractivity contribution in [2.45, 2.75) is 50.1 Å². The molecule has 176 valence electrons. The van der Waals surface area contributed by atoms with Gasteiger partial charge in [0.1, 0.15) is 17.6 Å². The van der Waals surface area contributed by atoms with E-state index in [1.807, 2.05) is 0 Å². The number of thiazole rings is 1. The Hall–Kier alpha value is -2.61. The first-order valence-corrected chi connectivity index (χ1v) is 12.8. The Balaban J connectivity index is 1.50. The van der Waals surface area contributed by atoms with Crippen LogP contribution in [-0.4, -0.2) is 35.3 Å². The summed E-state index contributed by atoms with van der Waals surface area (Å²) >= 11 is 7.57. The molecule has 0 bridgehead atoms. The highest BCUT2D eigenvalue weighted by Gasteiger charge is 2.36. The van der Waals surface area contributed by atoms with Crippen LogP contribution in [0, 0.1) is 5.82 Å². The maximum Gasteiger partial charge on any atom is 0.251 e. The minimum atomic E-state index is -0.778. The van der Waals surface area contributed by atoms with Gasteiger partial charge in [-0.25, -0.2) is 9.37 Å². The number of halogens is 2. The Labute approximate surface area is 206 Å². The van der Waals surface area contributed by atoms with Gasteiger partial charge in [-0.05, 0) is 68.1 Å². The number of hydrogen-bond donors (Lipinski definition) is 2. The SMILES string of the molecule is O=C(N[C@H](C(=O)c1nc(C2CC2)sc1-c1ccc(F)cc1)C1CCCCN1)c1cccc(Cl)c1. The highest BCUT2D eigenvalue weighted by molar-refractivity contribution is 7.15. The van der Waals surface area contributed by atoms with Gasteiger partial charge in [-0.1, -0.05) is 36.2 Å². The van der Waals surface area contributed by atoms with Gasteiger partial charge in [0.05, 0.1) is 9.88 Å². The van der Waals surface area contributed by atoms with E-state index in [1.54, 1.807) is 36.4 Å². The van der Waals surface area contributed by atoms with Crippen molar-refractivity contribution in [3.8, 4) is 10.4 Å². The minimum absolute atomic E-state index is 0.198. The standard InChI is InChI=1S/C26H25ClFN3O2S/c27-18-5-3-4-17(14-18)25(33)30-21(20-6-1-2-13-29-20)23(32)22-24(15-9-11-19(28)12-10-15)34-26(31-22)16-7-8-16/h3-5,9-12,14,16,20-21,29H,1-2,6-8,13H2,(H,30,33)/t20?,21-/m0/s1. The van der Waals surface area contributed by atoms with Gasteiger partial charge in [0.15, 0.2) is 0 Å². The summed E-state index contributed by atoms with van der Waals surface area (Å²) in [6, 6.07) is 11.8. The van der Waals surface area contributed by atoms with E-state index >= 15 is 0 Å². The molecule has 2 fully saturated rings. The van der Waals surface area contributed by atoms with E-state index in [1.165, 1.54) is 23.5 Å². The molecule has 1 amide bonds. The second-order valence-corrected chi connectivity index (χ2v) is 10.4. The largest absolute Gasteiger partial charge is 0.340 e. The molecule has 5 rings (SSSR count). The molecule has 3 aromatic rings. The van der Waals surface area contributed by atoms with Crippen LogP contribution in [0.25, 0.3) is 10.4 Å². The summed E-state index contributed by atoms with van der Waals surface area (Å²) in [6.07, 6.45) is 4.90. The molecule has 1 aliphatic carbocycles. The number of aromatic nitrogens is 1. The molecule has 1 saturated heterocycles. The normalized spacial score (nSPS) is 18.9. The van der Waals surface area contributed by atoms with Crippen molar-refractivity contribution in [3.63, 3.8) is 0 Å². The number of nitrogens with zero attached hydrogens (tertiary/aromatic N) is 1. The molecule has 2 atom stereocenters. The molecule has 1 saturated carbocycles. The smallest absolute Gasteiger partial charge is 0.251 e. The van der Waals surface area contributed by atoms with Crippen molar-refractivity contribution < 1.29 is 14.0 Å². The number of nitrogens with one attached hydrogen (secondary N) is 2. The number of benzene rings is 2. The second-order valence-electron chi connectivity index (χ2n) is 8.89. The van der Waals surface area contributed by atoms with Crippen LogP contribution in [0.1, 0.15) is 63.9 Å². The number of piperidine rings is 1. The molecule has 2 N–H and O–H groups in total. The molecule has 1 aromatic heterocycles. The summed E-state index contributed by atoms with van der Waals surface area (Å²) in [5, 5.41) is 7.76. The average molecular weight is 498 g/mol. The molecular weight excluding hydrogens is 473 g/mol. The number of rotatable bonds is 7. The fourth-order valence-corrected chi connectivity index (χ4v) is 5.75. The maximum atomic E-state index is 14.0. The fourth-order valence-electron chi connectivity index (χ4n) is 4.32. The first-order chi connectivity index (χ1) is 16.5. The summed E-state index contributed by atoms with van der Waals surface area (Å²) in [6.45, 7) is 0.788. The quantitative estimate of drug-likeness (QED) is 0.416. The van der Waals surface area contributed by atoms with Gasteiger partial charge in [-0.2, -0.15) is 0 Å². The Morgan fingerprint density at radius 2 is 1.91 bits per heavy atom. The predicted molar refractivity (Wildman–Crippen MR) is 132 cm³/mol. The first-order valence-electron chi connectivity index (χ1n) is 11.6. The lowest BCUT2D eigenvalue weighted by atomic mass is 9.92. The average Bonchev–Trinajstić information content (AvgIpc) is 3.61. The molecule has 34 heavy (non-hydrogen) atoms. The van der Waals surface area contributed by atoms with E-state index < -0.39 is 6.04 Å². The van der Waals surface area contributed by atoms with Crippen LogP contribution in [0.3, 0.4) is 0 Å². The molecule has 2 heterocycles. The predicted octanol–water partition coefficient (Wildman–Crippen LogP) is 5.60. The minimum Gasteiger partial charge on any atom is -0.340 e. The van der Waals surface area contributed by atoms with Crippen LogP contribution in [-0.2, 0) is 0 Å². The number of carbonyl (C=O) groups is 2. The van der Waals surface area contributed by atoms with E-state index in [9.17, 15) is 14.0 Å². The summed E-state index contributed by atoms with van der Waals surface area (Å²) in [5.74, 6) is -0.536. The highest BCUT2D eigenvalue weighted by atomic mass is 35.5. The Bertz CT molecular complexity index is 1200. The zero-order valence-corrected chi connectivity index (χ0v) is 20.1. The second kappa shape index (κ2) is 9.94. The molecular formula is C26H25ClFN3O2S. The van der Waals surface area contributed by atoms with E-state index in [2.05, 4.69) is 10.6 Å². The lowest BCUT2D eigenvalue weighted by Gasteiger charge is -2.31. The van der Waals surface area contributed by atoms with Crippen molar-refractivity contribution in [1.82, 2.24) is 15.6 Å². The van der Waals surface area contributed by atoms with Crippen molar-refractivity contribution in [2.75, 3.05) is 6.54 Å². The van der Waals surface area contributed by atoms with Gasteiger partial charge in [-0.15, -0.1) is 11.3 Å². The van der Waals surface area contributed by atoms with E-state index in [0.717, 1.165) is 54.1 Å². The maximum absolute atomic E-state index is 14.0. The van der Waals surface area contributed by atoms with Crippen molar-refractivity contribution in [1.29, 1.82) is 0 Å². The third kappa shape index (κ3) is 5.06. The van der Waals surface area contributed by atoms with Crippen molar-refractivity contribution in [3.05, 3.63) is 75.6 Å². The lowest BCUT2D eigenvalue weighted by molar-refractivity contribution is 0.0823. The zero-order chi connectivity index (χ0) is 23.7. The van der Waals surface area contributed by atoms with Crippen LogP contribution in [0.4, 0.5) is 4.39 Å². The topological polar surface area (TPSA) is 71.1 Å². The summed E-state index contributed by atoms with van der Waals surface area (Å²) < 4.78 is 13.6. The molecule has 0 radical (unpaired) electrons. The molecule has 5 nitrogen and oxygen atoms in total. The van der Waals surface area contributed by atoms with E-state index in [0.29, 0.717) is 22.2 Å². The first kappa shape index (κ1) is 23.1. The molecule has 1 unspecified atom stereocenters.